The van der Waals surface area contributed by atoms with E-state index in [2.05, 4.69) is 0 Å². The second-order valence-corrected chi connectivity index (χ2v) is 8.56. The molecule has 0 saturated carbocycles. The Bertz CT molecular complexity index is 430. The summed E-state index contributed by atoms with van der Waals surface area (Å²) in [6, 6.07) is 0. The number of aliphatic hydroxyl groups is 5. The van der Waals surface area contributed by atoms with Crippen LogP contribution >= 0.6 is 0 Å². The lowest BCUT2D eigenvalue weighted by molar-refractivity contribution is -0.910. The van der Waals surface area contributed by atoms with Crippen LogP contribution in [0.3, 0.4) is 0 Å². The monoisotopic (exact) mass is 418 g/mol. The molecule has 0 aliphatic heterocycles. The smallest absolute Gasteiger partial charge is 0.102 e. The fourth-order valence-corrected chi connectivity index (χ4v) is 3.00. The third kappa shape index (κ3) is 20.2. The number of quaternary nitrogens is 1. The quantitative estimate of drug-likeness (QED) is 0.150. The molecule has 0 amide bonds. The van der Waals surface area contributed by atoms with Gasteiger partial charge in [-0.1, -0.05) is 0 Å². The molecule has 0 rings (SSSR count). The molecule has 10 nitrogen and oxygen atoms in total. The molecular formula is C16H38N2O8S. The van der Waals surface area contributed by atoms with Crippen LogP contribution in [0.4, 0.5) is 0 Å². The summed E-state index contributed by atoms with van der Waals surface area (Å²) in [5, 5.41) is 44.4. The van der Waals surface area contributed by atoms with Gasteiger partial charge >= 0.3 is 0 Å². The van der Waals surface area contributed by atoms with Crippen molar-refractivity contribution in [2.24, 2.45) is 0 Å². The Hall–Kier alpha value is -0.370. The van der Waals surface area contributed by atoms with Crippen LogP contribution in [-0.2, 0) is 10.1 Å². The van der Waals surface area contributed by atoms with E-state index >= 15 is 0 Å². The van der Waals surface area contributed by atoms with E-state index in [4.69, 9.17) is 25.5 Å². The number of nitrogens with zero attached hydrogens (tertiary/aromatic N) is 2. The zero-order chi connectivity index (χ0) is 21.5. The normalized spacial score (nSPS) is 14.6. The lowest BCUT2D eigenvalue weighted by atomic mass is 10.3. The van der Waals surface area contributed by atoms with E-state index in [1.807, 2.05) is 7.05 Å². The van der Waals surface area contributed by atoms with Crippen molar-refractivity contribution < 1.29 is 43.0 Å². The molecule has 0 aromatic heterocycles. The van der Waals surface area contributed by atoms with Crippen molar-refractivity contribution in [3.63, 3.8) is 0 Å². The molecule has 0 fully saturated rings. The van der Waals surface area contributed by atoms with Gasteiger partial charge in [-0.05, 0) is 13.8 Å². The minimum atomic E-state index is -4.25. The third-order valence-electron chi connectivity index (χ3n) is 3.84. The van der Waals surface area contributed by atoms with Crippen LogP contribution in [-0.4, -0.2) is 132 Å². The lowest BCUT2D eigenvalue weighted by Crippen LogP contribution is -2.48. The highest BCUT2D eigenvalue weighted by molar-refractivity contribution is 7.85. The van der Waals surface area contributed by atoms with Gasteiger partial charge in [-0.25, -0.2) is 8.42 Å². The predicted octanol–water partition coefficient (Wildman–Crippen LogP) is -2.60. The van der Waals surface area contributed by atoms with Gasteiger partial charge in [0.25, 0.3) is 0 Å². The van der Waals surface area contributed by atoms with Crippen molar-refractivity contribution >= 4 is 10.1 Å². The van der Waals surface area contributed by atoms with E-state index in [1.54, 1.807) is 18.7 Å². The van der Waals surface area contributed by atoms with E-state index < -0.39 is 28.1 Å². The van der Waals surface area contributed by atoms with E-state index in [9.17, 15) is 13.0 Å². The molecule has 2 atom stereocenters. The topological polar surface area (TPSA) is 162 Å². The molecule has 11 heteroatoms. The highest BCUT2D eigenvalue weighted by Gasteiger charge is 2.19. The average Bonchev–Trinajstić information content (AvgIpc) is 2.50. The summed E-state index contributed by atoms with van der Waals surface area (Å²) >= 11 is 0. The van der Waals surface area contributed by atoms with Crippen molar-refractivity contribution in [1.82, 2.24) is 4.90 Å². The third-order valence-corrected chi connectivity index (χ3v) is 4.52. The Kier molecular flexibility index (Phi) is 16.6. The second kappa shape index (κ2) is 15.5. The maximum absolute atomic E-state index is 10.4. The molecule has 0 radical (unpaired) electrons. The van der Waals surface area contributed by atoms with Gasteiger partial charge in [0.1, 0.15) is 13.1 Å². The van der Waals surface area contributed by atoms with Gasteiger partial charge < -0.3 is 34.6 Å². The van der Waals surface area contributed by atoms with Crippen LogP contribution in [0.1, 0.15) is 20.3 Å². The summed E-state index contributed by atoms with van der Waals surface area (Å²) in [6.07, 6.45) is -0.535. The Morgan fingerprint density at radius 1 is 0.926 bits per heavy atom. The lowest BCUT2D eigenvalue weighted by Gasteiger charge is -2.33. The van der Waals surface area contributed by atoms with Crippen LogP contribution in [0.25, 0.3) is 0 Å². The van der Waals surface area contributed by atoms with Crippen LogP contribution in [0, 0.1) is 0 Å². The highest BCUT2D eigenvalue weighted by atomic mass is 32.2. The largest absolute Gasteiger partial charge is 0.748 e. The summed E-state index contributed by atoms with van der Waals surface area (Å²) in [5.41, 5.74) is 0. The van der Waals surface area contributed by atoms with Crippen molar-refractivity contribution in [2.75, 3.05) is 71.9 Å². The van der Waals surface area contributed by atoms with Gasteiger partial charge in [-0.3, -0.25) is 4.90 Å². The van der Waals surface area contributed by atoms with Gasteiger partial charge in [-0.15, -0.1) is 0 Å². The SMILES string of the molecule is CC(O)CN(CCS(=O)(=O)[O-])CC(C)O.C[N+](CCO)(CCO)CCCO. The first-order valence-electron chi connectivity index (χ1n) is 9.07. The molecule has 0 heterocycles. The Balaban J connectivity index is 0. The maximum Gasteiger partial charge on any atom is 0.102 e. The summed E-state index contributed by atoms with van der Waals surface area (Å²) in [4.78, 5) is 1.55. The van der Waals surface area contributed by atoms with Crippen LogP contribution in [0.2, 0.25) is 0 Å². The minimum absolute atomic E-state index is 0.0294. The van der Waals surface area contributed by atoms with Crippen LogP contribution in [0.15, 0.2) is 0 Å². The van der Waals surface area contributed by atoms with E-state index in [-0.39, 0.29) is 39.5 Å². The predicted molar refractivity (Wildman–Crippen MR) is 101 cm³/mol. The molecule has 0 aliphatic rings. The summed E-state index contributed by atoms with van der Waals surface area (Å²) in [7, 11) is -2.27. The number of likely N-dealkylation sites (N-methyl/N-ethyl adjacent to an activating group) is 1. The molecular weight excluding hydrogens is 380 g/mol. The highest BCUT2D eigenvalue weighted by Crippen LogP contribution is 2.02. The molecule has 0 spiro atoms. The molecule has 0 aliphatic carbocycles. The number of rotatable bonds is 14. The van der Waals surface area contributed by atoms with Gasteiger partial charge in [-0.2, -0.15) is 0 Å². The molecule has 2 unspecified atom stereocenters. The van der Waals surface area contributed by atoms with Crippen molar-refractivity contribution in [2.45, 2.75) is 32.5 Å². The fourth-order valence-electron chi connectivity index (χ4n) is 2.52. The number of hydrogen-bond donors (Lipinski definition) is 5. The zero-order valence-corrected chi connectivity index (χ0v) is 17.5. The minimum Gasteiger partial charge on any atom is -0.748 e. The Morgan fingerprint density at radius 3 is 1.67 bits per heavy atom. The first-order valence-corrected chi connectivity index (χ1v) is 10.6. The van der Waals surface area contributed by atoms with Gasteiger partial charge in [0.15, 0.2) is 0 Å². The zero-order valence-electron chi connectivity index (χ0n) is 16.7. The first-order chi connectivity index (χ1) is 12.4. The Labute approximate surface area is 163 Å². The molecule has 27 heavy (non-hydrogen) atoms. The molecule has 166 valence electrons. The van der Waals surface area contributed by atoms with Crippen molar-refractivity contribution in [3.8, 4) is 0 Å². The van der Waals surface area contributed by atoms with E-state index in [0.29, 0.717) is 17.6 Å². The van der Waals surface area contributed by atoms with Gasteiger partial charge in [0, 0.05) is 32.7 Å². The second-order valence-electron chi connectivity index (χ2n) is 7.03. The Morgan fingerprint density at radius 2 is 1.37 bits per heavy atom. The van der Waals surface area contributed by atoms with Crippen molar-refractivity contribution in [1.29, 1.82) is 0 Å². The van der Waals surface area contributed by atoms with Gasteiger partial charge in [0.2, 0.25) is 0 Å². The van der Waals surface area contributed by atoms with Crippen molar-refractivity contribution in [3.05, 3.63) is 0 Å². The van der Waals surface area contributed by atoms with Gasteiger partial charge in [0.05, 0.1) is 54.9 Å². The summed E-state index contributed by atoms with van der Waals surface area (Å²) in [5.74, 6) is -0.508. The molecule has 0 aromatic rings. The summed E-state index contributed by atoms with van der Waals surface area (Å²) in [6.45, 7) is 6.12. The summed E-state index contributed by atoms with van der Waals surface area (Å²) < 4.78 is 31.8. The van der Waals surface area contributed by atoms with Crippen LogP contribution in [0.5, 0.6) is 0 Å². The first kappa shape index (κ1) is 28.8. The molecule has 0 aromatic carbocycles. The number of aliphatic hydroxyl groups excluding tert-OH is 5. The number of hydrogen-bond acceptors (Lipinski definition) is 9. The van der Waals surface area contributed by atoms with E-state index in [0.717, 1.165) is 13.0 Å². The van der Waals surface area contributed by atoms with E-state index in [1.165, 1.54) is 0 Å². The molecule has 0 saturated heterocycles. The maximum atomic E-state index is 10.4. The van der Waals surface area contributed by atoms with Crippen LogP contribution < -0.4 is 0 Å². The standard InChI is InChI=1S/C8H19NO5S.C8H20NO3/c1-7(10)5-9(6-8(2)11)3-4-15(12,13)14;1-9(4-7-11,5-8-12)3-2-6-10/h7-8,10-11H,3-6H2,1-2H3,(H,12,13,14);10-12H,2-8H2,1H3/q;+1/p-1. The molecule has 5 N–H and O–H groups in total. The molecule has 0 bridgehead atoms. The fraction of sp³-hybridized carbons (Fsp3) is 1.00. The average molecular weight is 419 g/mol.